The van der Waals surface area contributed by atoms with E-state index in [0.717, 1.165) is 0 Å². The van der Waals surface area contributed by atoms with Crippen LogP contribution in [0.2, 0.25) is 0 Å². The number of nitro benzene ring substituents is 1. The van der Waals surface area contributed by atoms with E-state index < -0.39 is 16.3 Å². The SMILES string of the molecule is CCC(C#N)(C(=O)O)c1ccccc1[N+](=O)[O-]. The van der Waals surface area contributed by atoms with Crippen molar-refractivity contribution >= 4 is 11.7 Å². The molecule has 1 rings (SSSR count). The average Bonchev–Trinajstić information content (AvgIpc) is 2.31. The standard InChI is InChI=1S/C11H10N2O4/c1-2-11(7-12,10(14)15)8-5-3-4-6-9(8)13(16)17/h3-6H,2H2,1H3,(H,14,15). The highest BCUT2D eigenvalue weighted by atomic mass is 16.6. The van der Waals surface area contributed by atoms with Crippen molar-refractivity contribution in [2.75, 3.05) is 0 Å². The van der Waals surface area contributed by atoms with E-state index in [-0.39, 0.29) is 17.7 Å². The topological polar surface area (TPSA) is 104 Å². The number of nitriles is 1. The third-order valence-electron chi connectivity index (χ3n) is 2.65. The first-order valence-corrected chi connectivity index (χ1v) is 4.88. The molecule has 0 heterocycles. The third kappa shape index (κ3) is 1.95. The van der Waals surface area contributed by atoms with E-state index in [2.05, 4.69) is 0 Å². The number of hydrogen-bond acceptors (Lipinski definition) is 4. The van der Waals surface area contributed by atoms with Crippen LogP contribution in [0.3, 0.4) is 0 Å². The fourth-order valence-corrected chi connectivity index (χ4v) is 1.64. The maximum atomic E-state index is 11.2. The van der Waals surface area contributed by atoms with Crippen LogP contribution >= 0.6 is 0 Å². The molecule has 1 aromatic carbocycles. The van der Waals surface area contributed by atoms with Crippen LogP contribution in [0.15, 0.2) is 24.3 Å². The lowest BCUT2D eigenvalue weighted by Gasteiger charge is -2.19. The van der Waals surface area contributed by atoms with Crippen molar-refractivity contribution in [3.63, 3.8) is 0 Å². The van der Waals surface area contributed by atoms with Crippen molar-refractivity contribution < 1.29 is 14.8 Å². The summed E-state index contributed by atoms with van der Waals surface area (Å²) < 4.78 is 0. The number of nitro groups is 1. The number of benzene rings is 1. The lowest BCUT2D eigenvalue weighted by atomic mass is 9.78. The predicted octanol–water partition coefficient (Wildman–Crippen LogP) is 1.85. The number of aliphatic carboxylic acids is 1. The summed E-state index contributed by atoms with van der Waals surface area (Å²) in [6.45, 7) is 1.51. The molecular formula is C11H10N2O4. The fourth-order valence-electron chi connectivity index (χ4n) is 1.64. The first-order chi connectivity index (χ1) is 7.99. The monoisotopic (exact) mass is 234 g/mol. The molecule has 0 amide bonds. The molecule has 88 valence electrons. The van der Waals surface area contributed by atoms with Gasteiger partial charge < -0.3 is 5.11 Å². The van der Waals surface area contributed by atoms with E-state index in [1.165, 1.54) is 31.2 Å². The van der Waals surface area contributed by atoms with Crippen LogP contribution in [0, 0.1) is 21.4 Å². The second-order valence-electron chi connectivity index (χ2n) is 3.45. The second-order valence-corrected chi connectivity index (χ2v) is 3.45. The van der Waals surface area contributed by atoms with Gasteiger partial charge in [-0.25, -0.2) is 0 Å². The maximum Gasteiger partial charge on any atom is 0.328 e. The van der Waals surface area contributed by atoms with Gasteiger partial charge in [-0.05, 0) is 12.5 Å². The first kappa shape index (κ1) is 12.6. The van der Waals surface area contributed by atoms with Gasteiger partial charge in [-0.3, -0.25) is 14.9 Å². The Morgan fingerprint density at radius 3 is 2.59 bits per heavy atom. The summed E-state index contributed by atoms with van der Waals surface area (Å²) in [5, 5.41) is 29.0. The van der Waals surface area contributed by atoms with Crippen LogP contribution in [-0.4, -0.2) is 16.0 Å². The smallest absolute Gasteiger partial charge is 0.328 e. The highest BCUT2D eigenvalue weighted by Gasteiger charge is 2.43. The second kappa shape index (κ2) is 4.61. The van der Waals surface area contributed by atoms with Gasteiger partial charge in [0.05, 0.1) is 16.6 Å². The van der Waals surface area contributed by atoms with Crippen LogP contribution < -0.4 is 0 Å². The Morgan fingerprint density at radius 1 is 1.59 bits per heavy atom. The molecule has 0 radical (unpaired) electrons. The number of rotatable bonds is 4. The van der Waals surface area contributed by atoms with Crippen LogP contribution in [0.25, 0.3) is 0 Å². The van der Waals surface area contributed by atoms with Gasteiger partial charge in [0, 0.05) is 6.07 Å². The van der Waals surface area contributed by atoms with E-state index >= 15 is 0 Å². The first-order valence-electron chi connectivity index (χ1n) is 4.88. The van der Waals surface area contributed by atoms with Gasteiger partial charge in [-0.2, -0.15) is 5.26 Å². The van der Waals surface area contributed by atoms with Crippen molar-refractivity contribution in [2.24, 2.45) is 0 Å². The minimum Gasteiger partial charge on any atom is -0.480 e. The molecule has 0 saturated heterocycles. The van der Waals surface area contributed by atoms with Crippen molar-refractivity contribution in [3.05, 3.63) is 39.9 Å². The molecule has 0 spiro atoms. The van der Waals surface area contributed by atoms with E-state index in [4.69, 9.17) is 10.4 Å². The summed E-state index contributed by atoms with van der Waals surface area (Å²) in [4.78, 5) is 21.4. The maximum absolute atomic E-state index is 11.2. The van der Waals surface area contributed by atoms with Gasteiger partial charge in [0.1, 0.15) is 0 Å². The largest absolute Gasteiger partial charge is 0.480 e. The summed E-state index contributed by atoms with van der Waals surface area (Å²) in [7, 11) is 0. The summed E-state index contributed by atoms with van der Waals surface area (Å²) in [5.41, 5.74) is -2.30. The average molecular weight is 234 g/mol. The Bertz CT molecular complexity index is 506. The number of carbonyl (C=O) groups is 1. The van der Waals surface area contributed by atoms with E-state index in [1.807, 2.05) is 0 Å². The molecule has 0 bridgehead atoms. The van der Waals surface area contributed by atoms with Gasteiger partial charge in [0.25, 0.3) is 5.69 Å². The van der Waals surface area contributed by atoms with Crippen LogP contribution in [0.1, 0.15) is 18.9 Å². The molecule has 17 heavy (non-hydrogen) atoms. The summed E-state index contributed by atoms with van der Waals surface area (Å²) >= 11 is 0. The van der Waals surface area contributed by atoms with Gasteiger partial charge in [-0.15, -0.1) is 0 Å². The molecule has 6 heteroatoms. The molecule has 0 aliphatic rings. The zero-order valence-corrected chi connectivity index (χ0v) is 9.08. The molecule has 0 aliphatic carbocycles. The van der Waals surface area contributed by atoms with Crippen LogP contribution in [0.5, 0.6) is 0 Å². The van der Waals surface area contributed by atoms with Gasteiger partial charge in [0.15, 0.2) is 5.41 Å². The van der Waals surface area contributed by atoms with Crippen molar-refractivity contribution in [1.82, 2.24) is 0 Å². The highest BCUT2D eigenvalue weighted by Crippen LogP contribution is 2.34. The summed E-state index contributed by atoms with van der Waals surface area (Å²) in [6, 6.07) is 7.08. The zero-order chi connectivity index (χ0) is 13.1. The molecule has 1 N–H and O–H groups in total. The van der Waals surface area contributed by atoms with Crippen molar-refractivity contribution in [3.8, 4) is 6.07 Å². The normalized spacial score (nSPS) is 13.4. The number of para-hydroxylation sites is 1. The number of hydrogen-bond donors (Lipinski definition) is 1. The minimum atomic E-state index is -1.87. The highest BCUT2D eigenvalue weighted by molar-refractivity contribution is 5.86. The third-order valence-corrected chi connectivity index (χ3v) is 2.65. The Hall–Kier alpha value is -2.42. The summed E-state index contributed by atoms with van der Waals surface area (Å²) in [5.74, 6) is -1.38. The lowest BCUT2D eigenvalue weighted by Crippen LogP contribution is -2.34. The molecule has 0 aromatic heterocycles. The molecular weight excluding hydrogens is 224 g/mol. The van der Waals surface area contributed by atoms with Crippen LogP contribution in [0.4, 0.5) is 5.69 Å². The lowest BCUT2D eigenvalue weighted by molar-refractivity contribution is -0.385. The van der Waals surface area contributed by atoms with Crippen molar-refractivity contribution in [1.29, 1.82) is 5.26 Å². The Balaban J connectivity index is 3.56. The molecule has 0 aliphatic heterocycles. The quantitative estimate of drug-likeness (QED) is 0.632. The fraction of sp³-hybridized carbons (Fsp3) is 0.273. The number of nitrogens with zero attached hydrogens (tertiary/aromatic N) is 2. The van der Waals surface area contributed by atoms with Crippen LogP contribution in [-0.2, 0) is 10.2 Å². The molecule has 1 unspecified atom stereocenters. The molecule has 6 nitrogen and oxygen atoms in total. The molecule has 1 atom stereocenters. The van der Waals surface area contributed by atoms with Gasteiger partial charge in [0.2, 0.25) is 0 Å². The van der Waals surface area contributed by atoms with E-state index in [1.54, 1.807) is 6.07 Å². The molecule has 0 fully saturated rings. The van der Waals surface area contributed by atoms with E-state index in [9.17, 15) is 14.9 Å². The van der Waals surface area contributed by atoms with Gasteiger partial charge >= 0.3 is 5.97 Å². The Labute approximate surface area is 97.3 Å². The van der Waals surface area contributed by atoms with Gasteiger partial charge in [-0.1, -0.05) is 19.1 Å². The number of carboxylic acid groups (broad SMARTS) is 1. The summed E-state index contributed by atoms with van der Waals surface area (Å²) in [6.07, 6.45) is -0.0380. The van der Waals surface area contributed by atoms with E-state index in [0.29, 0.717) is 0 Å². The van der Waals surface area contributed by atoms with Crippen molar-refractivity contribution in [2.45, 2.75) is 18.8 Å². The Morgan fingerprint density at radius 2 is 2.18 bits per heavy atom. The Kier molecular flexibility index (Phi) is 3.43. The number of carboxylic acids is 1. The predicted molar refractivity (Wildman–Crippen MR) is 58.3 cm³/mol. The molecule has 0 saturated carbocycles. The molecule has 1 aromatic rings. The minimum absolute atomic E-state index is 0.0380. The zero-order valence-electron chi connectivity index (χ0n) is 9.08.